The number of anilines is 1. The maximum Gasteiger partial charge on any atom is 0.291 e. The van der Waals surface area contributed by atoms with E-state index in [-0.39, 0.29) is 11.7 Å². The van der Waals surface area contributed by atoms with Gasteiger partial charge in [-0.3, -0.25) is 4.79 Å². The molecule has 0 unspecified atom stereocenters. The van der Waals surface area contributed by atoms with Gasteiger partial charge in [-0.25, -0.2) is 0 Å². The smallest absolute Gasteiger partial charge is 0.291 e. The van der Waals surface area contributed by atoms with Gasteiger partial charge in [0, 0.05) is 0 Å². The summed E-state index contributed by atoms with van der Waals surface area (Å²) < 4.78 is 5.33. The Morgan fingerprint density at radius 3 is 2.67 bits per heavy atom. The van der Waals surface area contributed by atoms with Crippen molar-refractivity contribution in [3.8, 4) is 6.07 Å². The lowest BCUT2D eigenvalue weighted by atomic mass is 10.2. The van der Waals surface area contributed by atoms with Crippen LogP contribution in [-0.4, -0.2) is 5.91 Å². The summed E-state index contributed by atoms with van der Waals surface area (Å²) in [6.07, 6.45) is 0. The fraction of sp³-hybridized carbons (Fsp3) is 0.143. The van der Waals surface area contributed by atoms with E-state index in [0.717, 1.165) is 5.56 Å². The third-order valence-corrected chi connectivity index (χ3v) is 2.69. The van der Waals surface area contributed by atoms with Crippen LogP contribution in [0.2, 0.25) is 0 Å². The van der Waals surface area contributed by atoms with Crippen molar-refractivity contribution in [2.45, 2.75) is 13.8 Å². The minimum atomic E-state index is -0.353. The number of carbonyl (C=O) groups is 1. The molecule has 1 amide bonds. The highest BCUT2D eigenvalue weighted by Crippen LogP contribution is 2.17. The molecule has 0 aliphatic heterocycles. The van der Waals surface area contributed by atoms with E-state index in [2.05, 4.69) is 5.32 Å². The van der Waals surface area contributed by atoms with E-state index in [1.807, 2.05) is 13.0 Å². The van der Waals surface area contributed by atoms with Gasteiger partial charge in [0.25, 0.3) is 5.91 Å². The van der Waals surface area contributed by atoms with Crippen LogP contribution in [0, 0.1) is 25.2 Å². The second-order valence-corrected chi connectivity index (χ2v) is 3.96. The molecule has 4 heteroatoms. The number of nitrogens with zero attached hydrogens (tertiary/aromatic N) is 1. The van der Waals surface area contributed by atoms with Crippen molar-refractivity contribution >= 4 is 11.6 Å². The molecule has 1 aromatic carbocycles. The number of nitrogens with one attached hydrogen (secondary N) is 1. The molecule has 1 aromatic heterocycles. The van der Waals surface area contributed by atoms with Crippen molar-refractivity contribution in [2.75, 3.05) is 5.32 Å². The summed E-state index contributed by atoms with van der Waals surface area (Å²) in [6.45, 7) is 3.67. The number of carbonyl (C=O) groups excluding carboxylic acids is 1. The van der Waals surface area contributed by atoms with Crippen LogP contribution < -0.4 is 5.32 Å². The van der Waals surface area contributed by atoms with Gasteiger partial charge in [-0.1, -0.05) is 12.1 Å². The summed E-state index contributed by atoms with van der Waals surface area (Å²) in [4.78, 5) is 11.9. The highest BCUT2D eigenvalue weighted by atomic mass is 16.3. The lowest BCUT2D eigenvalue weighted by Gasteiger charge is -2.04. The highest BCUT2D eigenvalue weighted by Gasteiger charge is 2.13. The van der Waals surface area contributed by atoms with Gasteiger partial charge in [-0.05, 0) is 37.6 Å². The first-order valence-electron chi connectivity index (χ1n) is 5.49. The van der Waals surface area contributed by atoms with Gasteiger partial charge in [-0.15, -0.1) is 0 Å². The van der Waals surface area contributed by atoms with Crippen LogP contribution in [0.15, 0.2) is 34.7 Å². The maximum absolute atomic E-state index is 11.9. The zero-order chi connectivity index (χ0) is 13.1. The van der Waals surface area contributed by atoms with E-state index in [4.69, 9.17) is 9.68 Å². The molecule has 2 rings (SSSR count). The van der Waals surface area contributed by atoms with Gasteiger partial charge in [-0.2, -0.15) is 5.26 Å². The average Bonchev–Trinajstić information content (AvgIpc) is 2.70. The van der Waals surface area contributed by atoms with Crippen LogP contribution >= 0.6 is 0 Å². The van der Waals surface area contributed by atoms with E-state index >= 15 is 0 Å². The predicted molar refractivity (Wildman–Crippen MR) is 67.3 cm³/mol. The second kappa shape index (κ2) is 4.76. The fourth-order valence-corrected chi connectivity index (χ4v) is 1.56. The second-order valence-electron chi connectivity index (χ2n) is 3.96. The minimum Gasteiger partial charge on any atom is -0.456 e. The third kappa shape index (κ3) is 2.25. The van der Waals surface area contributed by atoms with Crippen molar-refractivity contribution < 1.29 is 9.21 Å². The quantitative estimate of drug-likeness (QED) is 0.877. The number of furan rings is 1. The molecule has 0 aliphatic rings. The number of hydrogen-bond acceptors (Lipinski definition) is 3. The van der Waals surface area contributed by atoms with Gasteiger partial charge < -0.3 is 9.73 Å². The molecule has 1 heterocycles. The molecule has 0 aliphatic carbocycles. The van der Waals surface area contributed by atoms with E-state index in [9.17, 15) is 4.79 Å². The molecule has 0 radical (unpaired) electrons. The van der Waals surface area contributed by atoms with Gasteiger partial charge in [0.15, 0.2) is 5.76 Å². The number of amides is 1. The van der Waals surface area contributed by atoms with E-state index < -0.39 is 0 Å². The van der Waals surface area contributed by atoms with Gasteiger partial charge in [0.05, 0.1) is 11.3 Å². The molecule has 0 atom stereocenters. The van der Waals surface area contributed by atoms with Gasteiger partial charge in [0.2, 0.25) is 0 Å². The third-order valence-electron chi connectivity index (χ3n) is 2.69. The van der Waals surface area contributed by atoms with Crippen LogP contribution in [0.3, 0.4) is 0 Å². The molecule has 0 fully saturated rings. The number of para-hydroxylation sites is 1. The molecule has 1 N–H and O–H groups in total. The SMILES string of the molecule is Cc1cc(C(=O)Nc2ccccc2C#N)oc1C. The molecular formula is C14H12N2O2. The predicted octanol–water partition coefficient (Wildman–Crippen LogP) is 3.02. The maximum atomic E-state index is 11.9. The van der Waals surface area contributed by atoms with Gasteiger partial charge >= 0.3 is 0 Å². The van der Waals surface area contributed by atoms with Crippen molar-refractivity contribution in [3.63, 3.8) is 0 Å². The largest absolute Gasteiger partial charge is 0.456 e. The summed E-state index contributed by atoms with van der Waals surface area (Å²) in [5.41, 5.74) is 1.83. The van der Waals surface area contributed by atoms with E-state index in [0.29, 0.717) is 17.0 Å². The lowest BCUT2D eigenvalue weighted by molar-refractivity contribution is 0.0995. The van der Waals surface area contributed by atoms with Crippen molar-refractivity contribution in [2.24, 2.45) is 0 Å². The number of hydrogen-bond donors (Lipinski definition) is 1. The zero-order valence-electron chi connectivity index (χ0n) is 10.2. The van der Waals surface area contributed by atoms with Crippen LogP contribution in [0.4, 0.5) is 5.69 Å². The Morgan fingerprint density at radius 2 is 2.06 bits per heavy atom. The first-order valence-corrected chi connectivity index (χ1v) is 5.49. The van der Waals surface area contributed by atoms with E-state index in [1.165, 1.54) is 0 Å². The molecule has 18 heavy (non-hydrogen) atoms. The summed E-state index contributed by atoms with van der Waals surface area (Å²) in [6, 6.07) is 10.5. The molecular weight excluding hydrogens is 228 g/mol. The molecule has 90 valence electrons. The Labute approximate surface area is 105 Å². The summed E-state index contributed by atoms with van der Waals surface area (Å²) in [5.74, 6) is 0.611. The Kier molecular flexibility index (Phi) is 3.16. The molecule has 0 bridgehead atoms. The fourth-order valence-electron chi connectivity index (χ4n) is 1.56. The van der Waals surface area contributed by atoms with Crippen LogP contribution in [0.25, 0.3) is 0 Å². The molecule has 0 saturated heterocycles. The molecule has 2 aromatic rings. The molecule has 4 nitrogen and oxygen atoms in total. The summed E-state index contributed by atoms with van der Waals surface area (Å²) in [5, 5.41) is 11.6. The van der Waals surface area contributed by atoms with Crippen molar-refractivity contribution in [1.29, 1.82) is 5.26 Å². The normalized spacial score (nSPS) is 9.83. The highest BCUT2D eigenvalue weighted by molar-refractivity contribution is 6.03. The first-order chi connectivity index (χ1) is 8.61. The number of aryl methyl sites for hydroxylation is 2. The minimum absolute atomic E-state index is 0.248. The Morgan fingerprint density at radius 1 is 1.33 bits per heavy atom. The zero-order valence-corrected chi connectivity index (χ0v) is 10.2. The summed E-state index contributed by atoms with van der Waals surface area (Å²) in [7, 11) is 0. The Hall–Kier alpha value is -2.54. The monoisotopic (exact) mass is 240 g/mol. The van der Waals surface area contributed by atoms with Crippen molar-refractivity contribution in [1.82, 2.24) is 0 Å². The summed E-state index contributed by atoms with van der Waals surface area (Å²) >= 11 is 0. The van der Waals surface area contributed by atoms with Crippen LogP contribution in [0.5, 0.6) is 0 Å². The topological polar surface area (TPSA) is 66.0 Å². The Bertz CT molecular complexity index is 616. The van der Waals surface area contributed by atoms with Crippen molar-refractivity contribution in [3.05, 3.63) is 53.0 Å². The first kappa shape index (κ1) is 11.9. The van der Waals surface area contributed by atoms with Crippen LogP contribution in [-0.2, 0) is 0 Å². The molecule has 0 spiro atoms. The number of nitriles is 1. The average molecular weight is 240 g/mol. The number of rotatable bonds is 2. The number of benzene rings is 1. The van der Waals surface area contributed by atoms with E-state index in [1.54, 1.807) is 37.3 Å². The lowest BCUT2D eigenvalue weighted by Crippen LogP contribution is -2.11. The van der Waals surface area contributed by atoms with Crippen LogP contribution in [0.1, 0.15) is 27.4 Å². The van der Waals surface area contributed by atoms with Gasteiger partial charge in [0.1, 0.15) is 11.8 Å². The standard InChI is InChI=1S/C14H12N2O2/c1-9-7-13(18-10(9)2)14(17)16-12-6-4-3-5-11(12)8-15/h3-7H,1-2H3,(H,16,17). The molecule has 0 saturated carbocycles. The Balaban J connectivity index is 2.24.